The van der Waals surface area contributed by atoms with Crippen LogP contribution in [0, 0.1) is 0 Å². The Morgan fingerprint density at radius 3 is 2.42 bits per heavy atom. The molecule has 2 heterocycles. The predicted molar refractivity (Wildman–Crippen MR) is 95.0 cm³/mol. The summed E-state index contributed by atoms with van der Waals surface area (Å²) in [5.41, 5.74) is 6.44. The summed E-state index contributed by atoms with van der Waals surface area (Å²) < 4.78 is 5.48. The first-order valence-corrected chi connectivity index (χ1v) is 8.82. The molecular formula is C18H28N4O2. The van der Waals surface area contributed by atoms with Gasteiger partial charge in [0.1, 0.15) is 5.60 Å². The van der Waals surface area contributed by atoms with Gasteiger partial charge in [0, 0.05) is 31.4 Å². The first-order chi connectivity index (χ1) is 11.3. The number of rotatable bonds is 3. The Labute approximate surface area is 144 Å². The smallest absolute Gasteiger partial charge is 0.410 e. The fraction of sp³-hybridized carbons (Fsp3) is 0.667. The molecule has 6 heteroatoms. The number of nitrogens with two attached hydrogens (primary N) is 1. The Morgan fingerprint density at radius 1 is 1.25 bits per heavy atom. The van der Waals surface area contributed by atoms with E-state index in [1.54, 1.807) is 6.20 Å². The van der Waals surface area contributed by atoms with Crippen LogP contribution in [0.15, 0.2) is 18.3 Å². The molecule has 1 aromatic rings. The minimum atomic E-state index is -0.448. The maximum atomic E-state index is 12.2. The van der Waals surface area contributed by atoms with E-state index in [4.69, 9.17) is 10.5 Å². The number of piperidine rings is 1. The Hall–Kier alpha value is -1.98. The van der Waals surface area contributed by atoms with Crippen molar-refractivity contribution < 1.29 is 9.53 Å². The van der Waals surface area contributed by atoms with Crippen LogP contribution in [-0.4, -0.2) is 46.8 Å². The molecule has 1 aromatic heterocycles. The minimum Gasteiger partial charge on any atom is -0.444 e. The van der Waals surface area contributed by atoms with E-state index < -0.39 is 5.60 Å². The molecule has 2 aliphatic rings. The quantitative estimate of drug-likeness (QED) is 0.921. The van der Waals surface area contributed by atoms with Crippen LogP contribution >= 0.6 is 0 Å². The van der Waals surface area contributed by atoms with Crippen LogP contribution in [0.5, 0.6) is 0 Å². The molecule has 0 unspecified atom stereocenters. The highest BCUT2D eigenvalue weighted by Gasteiger charge is 2.38. The van der Waals surface area contributed by atoms with Gasteiger partial charge in [-0.3, -0.25) is 0 Å². The zero-order chi connectivity index (χ0) is 17.3. The maximum absolute atomic E-state index is 12.2. The SMILES string of the molecule is CC(C)(C)OC(=O)N1CCC(N(c2ncccc2N)C2CC2)CC1. The number of amides is 1. The van der Waals surface area contributed by atoms with Crippen molar-refractivity contribution in [3.8, 4) is 0 Å². The van der Waals surface area contributed by atoms with E-state index in [1.165, 1.54) is 12.8 Å². The molecule has 1 aliphatic carbocycles. The number of nitrogens with zero attached hydrogens (tertiary/aromatic N) is 3. The third kappa shape index (κ3) is 3.91. The van der Waals surface area contributed by atoms with Crippen LogP contribution < -0.4 is 10.6 Å². The van der Waals surface area contributed by atoms with Gasteiger partial charge in [0.25, 0.3) is 0 Å². The number of carbonyl (C=O) groups is 1. The summed E-state index contributed by atoms with van der Waals surface area (Å²) in [6.07, 6.45) is 5.83. The van der Waals surface area contributed by atoms with E-state index in [0.29, 0.717) is 12.1 Å². The third-order valence-electron chi connectivity index (χ3n) is 4.51. The van der Waals surface area contributed by atoms with Crippen LogP contribution in [0.2, 0.25) is 0 Å². The molecule has 24 heavy (non-hydrogen) atoms. The van der Waals surface area contributed by atoms with Crippen LogP contribution in [0.25, 0.3) is 0 Å². The predicted octanol–water partition coefficient (Wildman–Crippen LogP) is 3.03. The number of anilines is 2. The van der Waals surface area contributed by atoms with Crippen molar-refractivity contribution in [3.05, 3.63) is 18.3 Å². The first kappa shape index (κ1) is 16.9. The fourth-order valence-corrected chi connectivity index (χ4v) is 3.27. The monoisotopic (exact) mass is 332 g/mol. The van der Waals surface area contributed by atoms with Gasteiger partial charge in [0.2, 0.25) is 0 Å². The van der Waals surface area contributed by atoms with E-state index in [0.717, 1.165) is 37.4 Å². The molecule has 1 saturated heterocycles. The third-order valence-corrected chi connectivity index (χ3v) is 4.51. The summed E-state index contributed by atoms with van der Waals surface area (Å²) in [5, 5.41) is 0. The van der Waals surface area contributed by atoms with E-state index >= 15 is 0 Å². The van der Waals surface area contributed by atoms with E-state index in [2.05, 4.69) is 9.88 Å². The van der Waals surface area contributed by atoms with Crippen molar-refractivity contribution in [1.29, 1.82) is 0 Å². The second-order valence-electron chi connectivity index (χ2n) is 7.75. The number of ether oxygens (including phenoxy) is 1. The van der Waals surface area contributed by atoms with Crippen molar-refractivity contribution in [1.82, 2.24) is 9.88 Å². The minimum absolute atomic E-state index is 0.212. The average molecular weight is 332 g/mol. The molecule has 1 amide bonds. The standard InChI is InChI=1S/C18H28N4O2/c1-18(2,3)24-17(23)21-11-8-14(9-12-21)22(13-6-7-13)16-15(19)5-4-10-20-16/h4-5,10,13-14H,6-9,11-12,19H2,1-3H3. The Bertz CT molecular complexity index is 587. The zero-order valence-corrected chi connectivity index (χ0v) is 14.9. The van der Waals surface area contributed by atoms with Gasteiger partial charge in [0.05, 0.1) is 5.69 Å². The van der Waals surface area contributed by atoms with Crippen molar-refractivity contribution >= 4 is 17.6 Å². The molecule has 0 bridgehead atoms. The number of pyridine rings is 1. The molecule has 0 aromatic carbocycles. The molecule has 1 aliphatic heterocycles. The van der Waals surface area contributed by atoms with Crippen LogP contribution in [0.4, 0.5) is 16.3 Å². The summed E-state index contributed by atoms with van der Waals surface area (Å²) in [6, 6.07) is 4.71. The molecule has 1 saturated carbocycles. The highest BCUT2D eigenvalue weighted by molar-refractivity contribution is 5.68. The lowest BCUT2D eigenvalue weighted by Crippen LogP contribution is -2.49. The van der Waals surface area contributed by atoms with Crippen LogP contribution in [-0.2, 0) is 4.74 Å². The normalized spacial score (nSPS) is 19.2. The lowest BCUT2D eigenvalue weighted by molar-refractivity contribution is 0.0204. The maximum Gasteiger partial charge on any atom is 0.410 e. The van der Waals surface area contributed by atoms with Gasteiger partial charge in [-0.2, -0.15) is 0 Å². The largest absolute Gasteiger partial charge is 0.444 e. The van der Waals surface area contributed by atoms with Crippen LogP contribution in [0.1, 0.15) is 46.5 Å². The second-order valence-corrected chi connectivity index (χ2v) is 7.75. The lowest BCUT2D eigenvalue weighted by atomic mass is 10.0. The average Bonchev–Trinajstić information content (AvgIpc) is 3.33. The highest BCUT2D eigenvalue weighted by Crippen LogP contribution is 2.37. The van der Waals surface area contributed by atoms with E-state index in [1.807, 2.05) is 37.8 Å². The lowest BCUT2D eigenvalue weighted by Gasteiger charge is -2.40. The summed E-state index contributed by atoms with van der Waals surface area (Å²) in [4.78, 5) is 20.9. The number of hydrogen-bond donors (Lipinski definition) is 1. The Balaban J connectivity index is 1.64. The molecule has 0 atom stereocenters. The van der Waals surface area contributed by atoms with Gasteiger partial charge in [-0.15, -0.1) is 0 Å². The van der Waals surface area contributed by atoms with Gasteiger partial charge >= 0.3 is 6.09 Å². The number of hydrogen-bond acceptors (Lipinski definition) is 5. The number of carbonyl (C=O) groups excluding carboxylic acids is 1. The second kappa shape index (κ2) is 6.49. The van der Waals surface area contributed by atoms with Crippen molar-refractivity contribution in [3.63, 3.8) is 0 Å². The van der Waals surface area contributed by atoms with E-state index in [9.17, 15) is 4.79 Å². The first-order valence-electron chi connectivity index (χ1n) is 8.82. The van der Waals surface area contributed by atoms with Crippen LogP contribution in [0.3, 0.4) is 0 Å². The summed E-state index contributed by atoms with van der Waals surface area (Å²) in [7, 11) is 0. The highest BCUT2D eigenvalue weighted by atomic mass is 16.6. The number of aromatic nitrogens is 1. The molecule has 0 spiro atoms. The molecule has 3 rings (SSSR count). The molecule has 132 valence electrons. The van der Waals surface area contributed by atoms with Gasteiger partial charge in [0.15, 0.2) is 5.82 Å². The van der Waals surface area contributed by atoms with Gasteiger partial charge in [-0.05, 0) is 58.6 Å². The van der Waals surface area contributed by atoms with Crippen molar-refractivity contribution in [2.24, 2.45) is 0 Å². The van der Waals surface area contributed by atoms with E-state index in [-0.39, 0.29) is 6.09 Å². The summed E-state index contributed by atoms with van der Waals surface area (Å²) in [5.74, 6) is 0.899. The topological polar surface area (TPSA) is 71.7 Å². The fourth-order valence-electron chi connectivity index (χ4n) is 3.27. The molecular weight excluding hydrogens is 304 g/mol. The molecule has 6 nitrogen and oxygen atoms in total. The summed E-state index contributed by atoms with van der Waals surface area (Å²) in [6.45, 7) is 7.13. The van der Waals surface area contributed by atoms with Crippen molar-refractivity contribution in [2.75, 3.05) is 23.7 Å². The Morgan fingerprint density at radius 2 is 1.88 bits per heavy atom. The number of nitrogen functional groups attached to an aromatic ring is 1. The van der Waals surface area contributed by atoms with Crippen molar-refractivity contribution in [2.45, 2.75) is 64.1 Å². The zero-order valence-electron chi connectivity index (χ0n) is 14.9. The summed E-state index contributed by atoms with van der Waals surface area (Å²) >= 11 is 0. The molecule has 0 radical (unpaired) electrons. The van der Waals surface area contributed by atoms with Gasteiger partial charge in [-0.1, -0.05) is 0 Å². The molecule has 2 N–H and O–H groups in total. The van der Waals surface area contributed by atoms with Gasteiger partial charge < -0.3 is 20.3 Å². The number of likely N-dealkylation sites (tertiary alicyclic amines) is 1. The Kier molecular flexibility index (Phi) is 4.56. The van der Waals surface area contributed by atoms with Gasteiger partial charge in [-0.25, -0.2) is 9.78 Å². The molecule has 2 fully saturated rings.